The third-order valence-corrected chi connectivity index (χ3v) is 4.11. The summed E-state index contributed by atoms with van der Waals surface area (Å²) in [5.74, 6) is 3.86. The number of rotatable bonds is 9. The lowest BCUT2D eigenvalue weighted by molar-refractivity contribution is 0.338. The molecule has 0 bridgehead atoms. The van der Waals surface area contributed by atoms with Gasteiger partial charge in [0.15, 0.2) is 0 Å². The van der Waals surface area contributed by atoms with Crippen molar-refractivity contribution in [2.45, 2.75) is 33.7 Å². The van der Waals surface area contributed by atoms with Gasteiger partial charge in [0, 0.05) is 18.0 Å². The summed E-state index contributed by atoms with van der Waals surface area (Å²) in [5, 5.41) is 3.53. The van der Waals surface area contributed by atoms with Crippen LogP contribution in [0.1, 0.15) is 39.3 Å². The molecule has 1 atom stereocenters. The summed E-state index contributed by atoms with van der Waals surface area (Å²) in [5.41, 5.74) is 1.21. The summed E-state index contributed by atoms with van der Waals surface area (Å²) < 4.78 is 5.52. The topological polar surface area (TPSA) is 34.2 Å². The fourth-order valence-electron chi connectivity index (χ4n) is 1.81. The van der Waals surface area contributed by atoms with E-state index in [4.69, 9.17) is 4.74 Å². The van der Waals surface area contributed by atoms with E-state index in [1.807, 2.05) is 24.9 Å². The first-order valence-corrected chi connectivity index (χ1v) is 8.21. The maximum atomic E-state index is 5.52. The minimum atomic E-state index is 0.349. The molecule has 19 heavy (non-hydrogen) atoms. The first-order valence-electron chi connectivity index (χ1n) is 7.06. The molecule has 0 saturated heterocycles. The molecule has 0 aromatic carbocycles. The summed E-state index contributed by atoms with van der Waals surface area (Å²) in [6.45, 7) is 10.3. The summed E-state index contributed by atoms with van der Waals surface area (Å²) >= 11 is 1.99. The average molecular weight is 282 g/mol. The van der Waals surface area contributed by atoms with Crippen LogP contribution in [-0.2, 0) is 0 Å². The van der Waals surface area contributed by atoms with Crippen molar-refractivity contribution in [3.63, 3.8) is 0 Å². The zero-order chi connectivity index (χ0) is 14.1. The van der Waals surface area contributed by atoms with Crippen LogP contribution in [0, 0.1) is 5.92 Å². The molecule has 0 aliphatic rings. The van der Waals surface area contributed by atoms with Crippen molar-refractivity contribution in [1.29, 1.82) is 0 Å². The van der Waals surface area contributed by atoms with E-state index in [1.165, 1.54) is 11.3 Å². The first kappa shape index (κ1) is 16.3. The van der Waals surface area contributed by atoms with Crippen LogP contribution in [-0.4, -0.2) is 29.6 Å². The van der Waals surface area contributed by atoms with Crippen molar-refractivity contribution in [2.24, 2.45) is 5.92 Å². The molecule has 0 aliphatic carbocycles. The van der Waals surface area contributed by atoms with Crippen molar-refractivity contribution < 1.29 is 4.74 Å². The fraction of sp³-hybridized carbons (Fsp3) is 0.667. The number of hydrogen-bond acceptors (Lipinski definition) is 4. The number of ether oxygens (including phenoxy) is 1. The molecule has 0 radical (unpaired) electrons. The lowest BCUT2D eigenvalue weighted by Crippen LogP contribution is -2.23. The average Bonchev–Trinajstić information content (AvgIpc) is 2.38. The summed E-state index contributed by atoms with van der Waals surface area (Å²) in [6.07, 6.45) is 3.71. The highest BCUT2D eigenvalue weighted by Crippen LogP contribution is 2.22. The first-order chi connectivity index (χ1) is 9.17. The molecule has 0 spiro atoms. The van der Waals surface area contributed by atoms with Gasteiger partial charge in [-0.2, -0.15) is 11.8 Å². The Morgan fingerprint density at radius 3 is 2.68 bits per heavy atom. The van der Waals surface area contributed by atoms with Crippen molar-refractivity contribution in [1.82, 2.24) is 10.3 Å². The SMILES string of the molecule is CCNC(CSCC(C)C)c1cncc(OCC)c1. The minimum absolute atomic E-state index is 0.349. The number of pyridine rings is 1. The van der Waals surface area contributed by atoms with Crippen LogP contribution in [0.15, 0.2) is 18.5 Å². The molecular weight excluding hydrogens is 256 g/mol. The summed E-state index contributed by atoms with van der Waals surface area (Å²) in [7, 11) is 0. The van der Waals surface area contributed by atoms with Crippen LogP contribution in [0.2, 0.25) is 0 Å². The Bertz CT molecular complexity index is 358. The molecule has 1 aromatic rings. The van der Waals surface area contributed by atoms with Crippen LogP contribution in [0.4, 0.5) is 0 Å². The lowest BCUT2D eigenvalue weighted by Gasteiger charge is -2.19. The molecule has 0 amide bonds. The fourth-order valence-corrected chi connectivity index (χ4v) is 2.97. The van der Waals surface area contributed by atoms with E-state index in [9.17, 15) is 0 Å². The normalized spacial score (nSPS) is 12.7. The Balaban J connectivity index is 2.65. The predicted octanol–water partition coefficient (Wildman–Crippen LogP) is 3.52. The maximum Gasteiger partial charge on any atom is 0.137 e. The van der Waals surface area contributed by atoms with Crippen molar-refractivity contribution >= 4 is 11.8 Å². The Labute approximate surface area is 121 Å². The van der Waals surface area contributed by atoms with Crippen LogP contribution >= 0.6 is 11.8 Å². The van der Waals surface area contributed by atoms with Gasteiger partial charge in [0.1, 0.15) is 5.75 Å². The van der Waals surface area contributed by atoms with E-state index in [0.29, 0.717) is 12.6 Å². The number of nitrogens with one attached hydrogen (secondary N) is 1. The molecule has 0 fully saturated rings. The van der Waals surface area contributed by atoms with E-state index >= 15 is 0 Å². The lowest BCUT2D eigenvalue weighted by atomic mass is 10.1. The smallest absolute Gasteiger partial charge is 0.137 e. The molecule has 1 heterocycles. The van der Waals surface area contributed by atoms with Crippen molar-refractivity contribution in [3.05, 3.63) is 24.0 Å². The van der Waals surface area contributed by atoms with E-state index in [2.05, 4.69) is 37.1 Å². The van der Waals surface area contributed by atoms with Gasteiger partial charge in [-0.25, -0.2) is 0 Å². The highest BCUT2D eigenvalue weighted by Gasteiger charge is 2.12. The van der Waals surface area contributed by atoms with Crippen LogP contribution in [0.25, 0.3) is 0 Å². The molecule has 1 rings (SSSR count). The molecule has 108 valence electrons. The zero-order valence-electron chi connectivity index (χ0n) is 12.5. The number of thioether (sulfide) groups is 1. The van der Waals surface area contributed by atoms with E-state index in [0.717, 1.165) is 24.0 Å². The van der Waals surface area contributed by atoms with Gasteiger partial charge in [0.25, 0.3) is 0 Å². The van der Waals surface area contributed by atoms with Gasteiger partial charge in [0.05, 0.1) is 12.8 Å². The molecule has 1 N–H and O–H groups in total. The highest BCUT2D eigenvalue weighted by atomic mass is 32.2. The molecule has 3 nitrogen and oxygen atoms in total. The van der Waals surface area contributed by atoms with Gasteiger partial charge in [-0.15, -0.1) is 0 Å². The molecule has 1 aromatic heterocycles. The minimum Gasteiger partial charge on any atom is -0.492 e. The highest BCUT2D eigenvalue weighted by molar-refractivity contribution is 7.99. The summed E-state index contributed by atoms with van der Waals surface area (Å²) in [4.78, 5) is 4.28. The Morgan fingerprint density at radius 2 is 2.05 bits per heavy atom. The van der Waals surface area contributed by atoms with Gasteiger partial charge in [0.2, 0.25) is 0 Å². The van der Waals surface area contributed by atoms with Crippen LogP contribution in [0.3, 0.4) is 0 Å². The second-order valence-electron chi connectivity index (χ2n) is 4.93. The Kier molecular flexibility index (Phi) is 7.91. The third kappa shape index (κ3) is 6.30. The largest absolute Gasteiger partial charge is 0.492 e. The number of hydrogen-bond donors (Lipinski definition) is 1. The van der Waals surface area contributed by atoms with Crippen LogP contribution in [0.5, 0.6) is 5.75 Å². The maximum absolute atomic E-state index is 5.52. The second-order valence-corrected chi connectivity index (χ2v) is 6.00. The van der Waals surface area contributed by atoms with E-state index in [-0.39, 0.29) is 0 Å². The van der Waals surface area contributed by atoms with Gasteiger partial charge in [-0.3, -0.25) is 4.98 Å². The quantitative estimate of drug-likeness (QED) is 0.751. The molecular formula is C15H26N2OS. The van der Waals surface area contributed by atoms with E-state index in [1.54, 1.807) is 6.20 Å². The Hall–Kier alpha value is -0.740. The van der Waals surface area contributed by atoms with Crippen LogP contribution < -0.4 is 10.1 Å². The van der Waals surface area contributed by atoms with E-state index < -0.39 is 0 Å². The number of aromatic nitrogens is 1. The standard InChI is InChI=1S/C15H26N2OS/c1-5-17-15(11-19-10-12(3)4)13-7-14(18-6-2)9-16-8-13/h7-9,12,15,17H,5-6,10-11H2,1-4H3. The van der Waals surface area contributed by atoms with Crippen molar-refractivity contribution in [2.75, 3.05) is 24.7 Å². The molecule has 1 unspecified atom stereocenters. The zero-order valence-corrected chi connectivity index (χ0v) is 13.3. The molecule has 0 aliphatic heterocycles. The van der Waals surface area contributed by atoms with Gasteiger partial charge < -0.3 is 10.1 Å². The Morgan fingerprint density at radius 1 is 1.26 bits per heavy atom. The van der Waals surface area contributed by atoms with Gasteiger partial charge >= 0.3 is 0 Å². The van der Waals surface area contributed by atoms with Gasteiger partial charge in [-0.1, -0.05) is 20.8 Å². The van der Waals surface area contributed by atoms with Crippen molar-refractivity contribution in [3.8, 4) is 5.75 Å². The predicted molar refractivity (Wildman–Crippen MR) is 84.0 cm³/mol. The molecule has 0 saturated carbocycles. The third-order valence-electron chi connectivity index (χ3n) is 2.63. The van der Waals surface area contributed by atoms with Gasteiger partial charge in [-0.05, 0) is 36.8 Å². The second kappa shape index (κ2) is 9.21. The summed E-state index contributed by atoms with van der Waals surface area (Å²) in [6, 6.07) is 2.45. The number of nitrogens with zero attached hydrogens (tertiary/aromatic N) is 1. The molecule has 4 heteroatoms. The monoisotopic (exact) mass is 282 g/mol.